The number of hydrogen-bond donors (Lipinski definition) is 2. The number of carbonyl (C=O) groups excluding carboxylic acids is 1. The molecule has 0 heterocycles. The van der Waals surface area contributed by atoms with Crippen LogP contribution in [0.4, 0.5) is 4.39 Å². The molecular weight excluding hydrogens is 397 g/mol. The number of esters is 1. The fraction of sp³-hybridized carbons (Fsp3) is 0.381. The Hall–Kier alpha value is -2.45. The van der Waals surface area contributed by atoms with Crippen LogP contribution in [-0.2, 0) is 26.0 Å². The Kier molecular flexibility index (Phi) is 5.95. The van der Waals surface area contributed by atoms with E-state index in [1.807, 2.05) is 0 Å². The molecule has 3 rings (SSSR count). The monoisotopic (exact) mass is 421 g/mol. The molecule has 0 aliphatic heterocycles. The van der Waals surface area contributed by atoms with E-state index in [1.165, 1.54) is 19.2 Å². The number of aromatic hydroxyl groups is 1. The number of phenolic OH excluding ortho intramolecular Hbond substituents is 1. The second-order valence-corrected chi connectivity index (χ2v) is 9.39. The standard InChI is InChI=1S/C21H24FNO5S/c1-28-20(25)21(10-9-15(13-21)23-29(2,26)27)12-14-7-8-18(22)17(11-14)16-5-3-4-6-19(16)24/h3-8,11,15,23-24H,9-10,12-13H2,1-2H3/t15-,21+/m0/s1. The van der Waals surface area contributed by atoms with Crippen LogP contribution in [0.25, 0.3) is 11.1 Å². The smallest absolute Gasteiger partial charge is 0.312 e. The van der Waals surface area contributed by atoms with Gasteiger partial charge >= 0.3 is 5.97 Å². The van der Waals surface area contributed by atoms with Gasteiger partial charge in [0.1, 0.15) is 11.6 Å². The molecule has 0 bridgehead atoms. The third kappa shape index (κ3) is 4.76. The number of benzene rings is 2. The number of hydrogen-bond acceptors (Lipinski definition) is 5. The van der Waals surface area contributed by atoms with Gasteiger partial charge in [0.2, 0.25) is 10.0 Å². The Bertz CT molecular complexity index is 1020. The van der Waals surface area contributed by atoms with Crippen molar-refractivity contribution in [2.75, 3.05) is 13.4 Å². The van der Waals surface area contributed by atoms with Gasteiger partial charge in [-0.05, 0) is 49.4 Å². The molecule has 8 heteroatoms. The molecular formula is C21H24FNO5S. The minimum Gasteiger partial charge on any atom is -0.507 e. The van der Waals surface area contributed by atoms with Crippen molar-refractivity contribution in [3.8, 4) is 16.9 Å². The van der Waals surface area contributed by atoms with Crippen LogP contribution in [0.2, 0.25) is 0 Å². The summed E-state index contributed by atoms with van der Waals surface area (Å²) in [4.78, 5) is 12.6. The molecule has 6 nitrogen and oxygen atoms in total. The molecule has 0 amide bonds. The van der Waals surface area contributed by atoms with Gasteiger partial charge in [-0.1, -0.05) is 24.3 Å². The number of carbonyl (C=O) groups is 1. The van der Waals surface area contributed by atoms with Crippen molar-refractivity contribution < 1.29 is 27.4 Å². The highest BCUT2D eigenvalue weighted by Crippen LogP contribution is 2.43. The van der Waals surface area contributed by atoms with Gasteiger partial charge in [-0.2, -0.15) is 0 Å². The lowest BCUT2D eigenvalue weighted by Gasteiger charge is -2.27. The average molecular weight is 421 g/mol. The SMILES string of the molecule is COC(=O)[C@@]1(Cc2ccc(F)c(-c3ccccc3O)c2)CC[C@H](NS(C)(=O)=O)C1. The van der Waals surface area contributed by atoms with Crippen molar-refractivity contribution in [3.05, 3.63) is 53.8 Å². The van der Waals surface area contributed by atoms with Gasteiger partial charge in [0, 0.05) is 17.2 Å². The summed E-state index contributed by atoms with van der Waals surface area (Å²) in [6.45, 7) is 0. The van der Waals surface area contributed by atoms with E-state index < -0.39 is 27.2 Å². The highest BCUT2D eigenvalue weighted by Gasteiger charge is 2.47. The van der Waals surface area contributed by atoms with Crippen LogP contribution < -0.4 is 4.72 Å². The lowest BCUT2D eigenvalue weighted by Crippen LogP contribution is -2.37. The maximum absolute atomic E-state index is 14.4. The van der Waals surface area contributed by atoms with Crippen molar-refractivity contribution in [2.45, 2.75) is 31.7 Å². The van der Waals surface area contributed by atoms with Gasteiger partial charge in [-0.15, -0.1) is 0 Å². The minimum absolute atomic E-state index is 0.0375. The molecule has 0 unspecified atom stereocenters. The maximum atomic E-state index is 14.4. The Morgan fingerprint density at radius 1 is 1.28 bits per heavy atom. The van der Waals surface area contributed by atoms with Crippen LogP contribution in [0.15, 0.2) is 42.5 Å². The van der Waals surface area contributed by atoms with Crippen LogP contribution in [0.3, 0.4) is 0 Å². The van der Waals surface area contributed by atoms with E-state index >= 15 is 0 Å². The van der Waals surface area contributed by atoms with Gasteiger partial charge < -0.3 is 9.84 Å². The summed E-state index contributed by atoms with van der Waals surface area (Å²) in [5.74, 6) is -0.932. The summed E-state index contributed by atoms with van der Waals surface area (Å²) in [7, 11) is -2.09. The summed E-state index contributed by atoms with van der Waals surface area (Å²) in [6.07, 6.45) is 2.63. The van der Waals surface area contributed by atoms with Gasteiger partial charge in [0.15, 0.2) is 0 Å². The first kappa shape index (κ1) is 21.3. The fourth-order valence-corrected chi connectivity index (χ4v) is 4.95. The zero-order valence-electron chi connectivity index (χ0n) is 16.3. The summed E-state index contributed by atoms with van der Waals surface area (Å²) >= 11 is 0. The number of sulfonamides is 1. The van der Waals surface area contributed by atoms with E-state index in [0.717, 1.165) is 6.26 Å². The van der Waals surface area contributed by atoms with Gasteiger partial charge in [0.05, 0.1) is 18.8 Å². The number of methoxy groups -OCH3 is 1. The third-order valence-electron chi connectivity index (χ3n) is 5.38. The summed E-state index contributed by atoms with van der Waals surface area (Å²) in [6, 6.07) is 10.6. The van der Waals surface area contributed by atoms with E-state index in [9.17, 15) is 22.7 Å². The largest absolute Gasteiger partial charge is 0.507 e. The molecule has 2 aromatic carbocycles. The molecule has 156 valence electrons. The van der Waals surface area contributed by atoms with Crippen LogP contribution in [-0.4, -0.2) is 38.9 Å². The molecule has 0 aromatic heterocycles. The topological polar surface area (TPSA) is 92.7 Å². The number of para-hydroxylation sites is 1. The quantitative estimate of drug-likeness (QED) is 0.700. The highest BCUT2D eigenvalue weighted by molar-refractivity contribution is 7.88. The summed E-state index contributed by atoms with van der Waals surface area (Å²) in [5.41, 5.74) is 0.409. The first-order chi connectivity index (χ1) is 13.6. The van der Waals surface area contributed by atoms with E-state index in [1.54, 1.807) is 30.3 Å². The van der Waals surface area contributed by atoms with Crippen molar-refractivity contribution in [2.24, 2.45) is 5.41 Å². The van der Waals surface area contributed by atoms with E-state index in [-0.39, 0.29) is 23.8 Å². The molecule has 1 saturated carbocycles. The Labute approximate surface area is 169 Å². The molecule has 0 saturated heterocycles. The molecule has 2 atom stereocenters. The average Bonchev–Trinajstić information content (AvgIpc) is 3.05. The normalized spacial score (nSPS) is 21.8. The summed E-state index contributed by atoms with van der Waals surface area (Å²) in [5, 5.41) is 10.1. The summed E-state index contributed by atoms with van der Waals surface area (Å²) < 4.78 is 45.2. The number of nitrogens with one attached hydrogen (secondary N) is 1. The number of rotatable bonds is 6. The zero-order valence-corrected chi connectivity index (χ0v) is 17.1. The molecule has 2 N–H and O–H groups in total. The lowest BCUT2D eigenvalue weighted by molar-refractivity contribution is -0.152. The van der Waals surface area contributed by atoms with E-state index in [0.29, 0.717) is 30.4 Å². The molecule has 1 aliphatic carbocycles. The molecule has 1 aliphatic rings. The fourth-order valence-electron chi connectivity index (χ4n) is 4.15. The maximum Gasteiger partial charge on any atom is 0.312 e. The number of halogens is 1. The second-order valence-electron chi connectivity index (χ2n) is 7.61. The molecule has 2 aromatic rings. The predicted octanol–water partition coefficient (Wildman–Crippen LogP) is 3.00. The van der Waals surface area contributed by atoms with Gasteiger partial charge in [-0.3, -0.25) is 4.79 Å². The molecule has 0 radical (unpaired) electrons. The minimum atomic E-state index is -3.40. The molecule has 0 spiro atoms. The molecule has 1 fully saturated rings. The second kappa shape index (κ2) is 8.12. The van der Waals surface area contributed by atoms with Crippen molar-refractivity contribution in [1.82, 2.24) is 4.72 Å². The first-order valence-electron chi connectivity index (χ1n) is 9.26. The van der Waals surface area contributed by atoms with Crippen LogP contribution in [0, 0.1) is 11.2 Å². The van der Waals surface area contributed by atoms with Crippen molar-refractivity contribution in [3.63, 3.8) is 0 Å². The van der Waals surface area contributed by atoms with Crippen LogP contribution >= 0.6 is 0 Å². The van der Waals surface area contributed by atoms with Crippen LogP contribution in [0.5, 0.6) is 5.75 Å². The Balaban J connectivity index is 1.93. The predicted molar refractivity (Wildman–Crippen MR) is 107 cm³/mol. The molecule has 29 heavy (non-hydrogen) atoms. The first-order valence-corrected chi connectivity index (χ1v) is 11.2. The highest BCUT2D eigenvalue weighted by atomic mass is 32.2. The van der Waals surface area contributed by atoms with Crippen molar-refractivity contribution in [1.29, 1.82) is 0 Å². The van der Waals surface area contributed by atoms with Crippen molar-refractivity contribution >= 4 is 16.0 Å². The Morgan fingerprint density at radius 3 is 2.66 bits per heavy atom. The Morgan fingerprint density at radius 2 is 2.00 bits per heavy atom. The number of phenols is 1. The zero-order chi connectivity index (χ0) is 21.2. The van der Waals surface area contributed by atoms with Crippen LogP contribution in [0.1, 0.15) is 24.8 Å². The van der Waals surface area contributed by atoms with E-state index in [4.69, 9.17) is 4.74 Å². The van der Waals surface area contributed by atoms with Gasteiger partial charge in [0.25, 0.3) is 0 Å². The third-order valence-corrected chi connectivity index (χ3v) is 6.14. The van der Waals surface area contributed by atoms with Gasteiger partial charge in [-0.25, -0.2) is 17.5 Å². The number of ether oxygens (including phenoxy) is 1. The van der Waals surface area contributed by atoms with E-state index in [2.05, 4.69) is 4.72 Å². The lowest BCUT2D eigenvalue weighted by atomic mass is 9.79.